The summed E-state index contributed by atoms with van der Waals surface area (Å²) in [6, 6.07) is 2.29. The molecule has 18 heavy (non-hydrogen) atoms. The molecule has 0 bridgehead atoms. The van der Waals surface area contributed by atoms with Gasteiger partial charge in [0, 0.05) is 24.5 Å². The molecule has 2 heterocycles. The molecule has 1 aliphatic rings. The highest BCUT2D eigenvalue weighted by Crippen LogP contribution is 2.24. The van der Waals surface area contributed by atoms with Gasteiger partial charge in [-0.05, 0) is 39.2 Å². The van der Waals surface area contributed by atoms with E-state index < -0.39 is 0 Å². The summed E-state index contributed by atoms with van der Waals surface area (Å²) >= 11 is 0. The van der Waals surface area contributed by atoms with Gasteiger partial charge < -0.3 is 10.0 Å². The van der Waals surface area contributed by atoms with E-state index in [2.05, 4.69) is 14.9 Å². The van der Waals surface area contributed by atoms with Gasteiger partial charge in [0.25, 0.3) is 0 Å². The van der Waals surface area contributed by atoms with Crippen molar-refractivity contribution in [2.45, 2.75) is 58.1 Å². The van der Waals surface area contributed by atoms with Crippen LogP contribution < -0.4 is 4.90 Å². The average molecular weight is 249 g/mol. The average Bonchev–Trinajstić information content (AvgIpc) is 2.54. The Hall–Kier alpha value is -1.16. The molecular weight excluding hydrogens is 226 g/mol. The molecule has 1 aliphatic heterocycles. The number of nitrogens with zero attached hydrogens (tertiary/aromatic N) is 3. The first kappa shape index (κ1) is 13.3. The normalized spacial score (nSPS) is 22.6. The van der Waals surface area contributed by atoms with E-state index in [1.165, 1.54) is 19.3 Å². The van der Waals surface area contributed by atoms with Gasteiger partial charge in [-0.1, -0.05) is 12.8 Å². The third kappa shape index (κ3) is 3.42. The third-order valence-corrected chi connectivity index (χ3v) is 3.53. The molecule has 1 fully saturated rings. The Balaban J connectivity index is 2.19. The van der Waals surface area contributed by atoms with E-state index in [4.69, 9.17) is 0 Å². The van der Waals surface area contributed by atoms with Gasteiger partial charge in [0.15, 0.2) is 0 Å². The standard InChI is InChI=1S/C14H23N3O/c1-11-7-8-15-14(16-11)17-9-5-3-4-6-13(17)10-12(2)18/h7-8,12-13,18H,3-6,9-10H2,1-2H3. The molecule has 4 heteroatoms. The van der Waals surface area contributed by atoms with Gasteiger partial charge in [0.05, 0.1) is 6.10 Å². The first-order chi connectivity index (χ1) is 8.66. The van der Waals surface area contributed by atoms with Crippen molar-refractivity contribution in [2.75, 3.05) is 11.4 Å². The van der Waals surface area contributed by atoms with Gasteiger partial charge in [-0.3, -0.25) is 0 Å². The van der Waals surface area contributed by atoms with E-state index >= 15 is 0 Å². The van der Waals surface area contributed by atoms with Gasteiger partial charge in [-0.15, -0.1) is 0 Å². The lowest BCUT2D eigenvalue weighted by atomic mass is 10.0. The minimum Gasteiger partial charge on any atom is -0.393 e. The predicted molar refractivity (Wildman–Crippen MR) is 72.7 cm³/mol. The molecule has 1 aromatic heterocycles. The Morgan fingerprint density at radius 3 is 3.00 bits per heavy atom. The Bertz CT molecular complexity index is 381. The predicted octanol–water partition coefficient (Wildman–Crippen LogP) is 2.30. The zero-order valence-electron chi connectivity index (χ0n) is 11.3. The fraction of sp³-hybridized carbons (Fsp3) is 0.714. The molecule has 0 spiro atoms. The number of aromatic nitrogens is 2. The topological polar surface area (TPSA) is 49.2 Å². The van der Waals surface area contributed by atoms with Crippen LogP contribution in [0.5, 0.6) is 0 Å². The molecule has 2 rings (SSSR count). The van der Waals surface area contributed by atoms with E-state index in [-0.39, 0.29) is 6.10 Å². The van der Waals surface area contributed by atoms with Crippen LogP contribution >= 0.6 is 0 Å². The second kappa shape index (κ2) is 6.14. The lowest BCUT2D eigenvalue weighted by molar-refractivity contribution is 0.171. The number of hydrogen-bond donors (Lipinski definition) is 1. The van der Waals surface area contributed by atoms with Crippen LogP contribution in [0.2, 0.25) is 0 Å². The molecule has 1 N–H and O–H groups in total. The smallest absolute Gasteiger partial charge is 0.225 e. The quantitative estimate of drug-likeness (QED) is 0.893. The van der Waals surface area contributed by atoms with Crippen LogP contribution in [-0.4, -0.2) is 33.8 Å². The molecule has 0 aromatic carbocycles. The second-order valence-corrected chi connectivity index (χ2v) is 5.28. The molecule has 2 atom stereocenters. The van der Waals surface area contributed by atoms with E-state index in [9.17, 15) is 5.11 Å². The third-order valence-electron chi connectivity index (χ3n) is 3.53. The number of rotatable bonds is 3. The Kier molecular flexibility index (Phi) is 4.53. The highest BCUT2D eigenvalue weighted by atomic mass is 16.3. The molecule has 1 aromatic rings. The van der Waals surface area contributed by atoms with Gasteiger partial charge in [-0.25, -0.2) is 9.97 Å². The highest BCUT2D eigenvalue weighted by molar-refractivity contribution is 5.32. The Morgan fingerprint density at radius 2 is 2.28 bits per heavy atom. The van der Waals surface area contributed by atoms with Crippen molar-refractivity contribution >= 4 is 5.95 Å². The van der Waals surface area contributed by atoms with Crippen molar-refractivity contribution in [3.8, 4) is 0 Å². The zero-order chi connectivity index (χ0) is 13.0. The lowest BCUT2D eigenvalue weighted by Gasteiger charge is -2.31. The van der Waals surface area contributed by atoms with Crippen LogP contribution in [0.3, 0.4) is 0 Å². The summed E-state index contributed by atoms with van der Waals surface area (Å²) in [5.74, 6) is 0.822. The van der Waals surface area contributed by atoms with Gasteiger partial charge in [0.2, 0.25) is 5.95 Å². The first-order valence-electron chi connectivity index (χ1n) is 6.91. The van der Waals surface area contributed by atoms with Crippen molar-refractivity contribution in [1.82, 2.24) is 9.97 Å². The Labute approximate surface area is 109 Å². The van der Waals surface area contributed by atoms with E-state index in [0.717, 1.165) is 31.0 Å². The van der Waals surface area contributed by atoms with Gasteiger partial charge in [0.1, 0.15) is 0 Å². The van der Waals surface area contributed by atoms with Crippen LogP contribution in [0.25, 0.3) is 0 Å². The number of hydrogen-bond acceptors (Lipinski definition) is 4. The fourth-order valence-corrected chi connectivity index (χ4v) is 2.65. The van der Waals surface area contributed by atoms with Crippen LogP contribution in [0.15, 0.2) is 12.3 Å². The molecular formula is C14H23N3O. The minimum absolute atomic E-state index is 0.264. The van der Waals surface area contributed by atoms with E-state index in [1.54, 1.807) is 0 Å². The number of aryl methyl sites for hydroxylation is 1. The zero-order valence-corrected chi connectivity index (χ0v) is 11.3. The molecule has 1 saturated heterocycles. The van der Waals surface area contributed by atoms with Crippen molar-refractivity contribution < 1.29 is 5.11 Å². The first-order valence-corrected chi connectivity index (χ1v) is 6.91. The SMILES string of the molecule is Cc1ccnc(N2CCCCCC2CC(C)O)n1. The molecule has 0 aliphatic carbocycles. The van der Waals surface area contributed by atoms with Crippen LogP contribution in [0.1, 0.15) is 44.7 Å². The summed E-state index contributed by atoms with van der Waals surface area (Å²) in [5, 5.41) is 9.65. The van der Waals surface area contributed by atoms with Gasteiger partial charge >= 0.3 is 0 Å². The number of aliphatic hydroxyl groups is 1. The lowest BCUT2D eigenvalue weighted by Crippen LogP contribution is -2.38. The summed E-state index contributed by atoms with van der Waals surface area (Å²) in [7, 11) is 0. The molecule has 0 amide bonds. The molecule has 0 radical (unpaired) electrons. The fourth-order valence-electron chi connectivity index (χ4n) is 2.65. The van der Waals surface area contributed by atoms with Crippen molar-refractivity contribution in [1.29, 1.82) is 0 Å². The molecule has 0 saturated carbocycles. The maximum Gasteiger partial charge on any atom is 0.225 e. The summed E-state index contributed by atoms with van der Waals surface area (Å²) in [6.45, 7) is 4.85. The second-order valence-electron chi connectivity index (χ2n) is 5.28. The van der Waals surface area contributed by atoms with E-state index in [1.807, 2.05) is 26.1 Å². The maximum atomic E-state index is 9.65. The number of anilines is 1. The van der Waals surface area contributed by atoms with Gasteiger partial charge in [-0.2, -0.15) is 0 Å². The minimum atomic E-state index is -0.264. The van der Waals surface area contributed by atoms with Crippen molar-refractivity contribution in [3.05, 3.63) is 18.0 Å². The largest absolute Gasteiger partial charge is 0.393 e. The summed E-state index contributed by atoms with van der Waals surface area (Å²) in [4.78, 5) is 11.2. The van der Waals surface area contributed by atoms with Crippen molar-refractivity contribution in [3.63, 3.8) is 0 Å². The van der Waals surface area contributed by atoms with E-state index in [0.29, 0.717) is 6.04 Å². The van der Waals surface area contributed by atoms with Crippen LogP contribution in [0, 0.1) is 6.92 Å². The van der Waals surface area contributed by atoms with Crippen molar-refractivity contribution in [2.24, 2.45) is 0 Å². The monoisotopic (exact) mass is 249 g/mol. The van der Waals surface area contributed by atoms with Crippen LogP contribution in [-0.2, 0) is 0 Å². The molecule has 2 unspecified atom stereocenters. The summed E-state index contributed by atoms with van der Waals surface area (Å²) < 4.78 is 0. The Morgan fingerprint density at radius 1 is 1.44 bits per heavy atom. The number of aliphatic hydroxyl groups excluding tert-OH is 1. The maximum absolute atomic E-state index is 9.65. The van der Waals surface area contributed by atoms with Crippen LogP contribution in [0.4, 0.5) is 5.95 Å². The summed E-state index contributed by atoms with van der Waals surface area (Å²) in [6.07, 6.45) is 7.17. The highest BCUT2D eigenvalue weighted by Gasteiger charge is 2.24. The molecule has 4 nitrogen and oxygen atoms in total. The summed E-state index contributed by atoms with van der Waals surface area (Å²) in [5.41, 5.74) is 1.00. The molecule has 100 valence electrons.